The number of ether oxygens (including phenoxy) is 1. The molecule has 0 radical (unpaired) electrons. The fourth-order valence-electron chi connectivity index (χ4n) is 3.57. The van der Waals surface area contributed by atoms with Crippen molar-refractivity contribution in [3.63, 3.8) is 0 Å². The Bertz CT molecular complexity index is 1400. The summed E-state index contributed by atoms with van der Waals surface area (Å²) in [6, 6.07) is 22.8. The number of furan rings is 1. The molecule has 180 valence electrons. The maximum atomic E-state index is 12.9. The SMILES string of the molecule is O=C(Nc1ccc(OC(F)F)c(Cc2ccccc2)c1)c1occc1CS(=O)(=O)c1ccccc1. The summed E-state index contributed by atoms with van der Waals surface area (Å²) >= 11 is 0. The number of hydrogen-bond donors (Lipinski definition) is 1. The van der Waals surface area contributed by atoms with Crippen LogP contribution in [-0.4, -0.2) is 20.9 Å². The molecule has 0 fully saturated rings. The number of rotatable bonds is 9. The molecule has 1 amide bonds. The van der Waals surface area contributed by atoms with E-state index in [4.69, 9.17) is 4.42 Å². The lowest BCUT2D eigenvalue weighted by molar-refractivity contribution is -0.0503. The topological polar surface area (TPSA) is 85.6 Å². The third kappa shape index (κ3) is 6.13. The van der Waals surface area contributed by atoms with E-state index in [1.165, 1.54) is 42.7 Å². The van der Waals surface area contributed by atoms with Crippen LogP contribution in [0.2, 0.25) is 0 Å². The monoisotopic (exact) mass is 497 g/mol. The van der Waals surface area contributed by atoms with E-state index in [-0.39, 0.29) is 22.0 Å². The molecule has 0 bridgehead atoms. The lowest BCUT2D eigenvalue weighted by atomic mass is 10.0. The quantitative estimate of drug-likeness (QED) is 0.321. The molecule has 1 heterocycles. The summed E-state index contributed by atoms with van der Waals surface area (Å²) in [7, 11) is -3.70. The summed E-state index contributed by atoms with van der Waals surface area (Å²) in [5.74, 6) is -1.24. The molecule has 35 heavy (non-hydrogen) atoms. The predicted octanol–water partition coefficient (Wildman–Crippen LogP) is 5.70. The van der Waals surface area contributed by atoms with Crippen molar-refractivity contribution in [3.05, 3.63) is 114 Å². The van der Waals surface area contributed by atoms with E-state index in [1.807, 2.05) is 30.3 Å². The molecule has 0 spiro atoms. The summed E-state index contributed by atoms with van der Waals surface area (Å²) in [6.45, 7) is -3.00. The second kappa shape index (κ2) is 10.5. The van der Waals surface area contributed by atoms with Crippen LogP contribution in [0.15, 0.2) is 101 Å². The molecule has 0 unspecified atom stereocenters. The molecule has 4 aromatic rings. The van der Waals surface area contributed by atoms with Crippen LogP contribution in [0.4, 0.5) is 14.5 Å². The fraction of sp³-hybridized carbons (Fsp3) is 0.115. The van der Waals surface area contributed by atoms with Crippen LogP contribution >= 0.6 is 0 Å². The predicted molar refractivity (Wildman–Crippen MR) is 126 cm³/mol. The first-order chi connectivity index (χ1) is 16.8. The number of halogens is 2. The normalized spacial score (nSPS) is 11.4. The number of amides is 1. The minimum Gasteiger partial charge on any atom is -0.459 e. The number of carbonyl (C=O) groups is 1. The summed E-state index contributed by atoms with van der Waals surface area (Å²) in [5.41, 5.74) is 1.83. The molecule has 0 aliphatic carbocycles. The fourth-order valence-corrected chi connectivity index (χ4v) is 4.95. The Balaban J connectivity index is 1.56. The molecule has 0 atom stereocenters. The Labute approximate surface area is 201 Å². The van der Waals surface area contributed by atoms with Crippen LogP contribution in [0.3, 0.4) is 0 Å². The molecule has 0 aliphatic heterocycles. The zero-order valence-corrected chi connectivity index (χ0v) is 19.2. The van der Waals surface area contributed by atoms with Crippen molar-refractivity contribution in [2.45, 2.75) is 23.7 Å². The van der Waals surface area contributed by atoms with Gasteiger partial charge in [-0.2, -0.15) is 8.78 Å². The van der Waals surface area contributed by atoms with Gasteiger partial charge >= 0.3 is 6.61 Å². The minimum absolute atomic E-state index is 0.00510. The lowest BCUT2D eigenvalue weighted by Gasteiger charge is -2.13. The molecule has 0 saturated carbocycles. The standard InChI is InChI=1S/C26H21F2NO5S/c27-26(28)34-23-12-11-21(16-20(23)15-18-7-3-1-4-8-18)29-25(30)24-19(13-14-33-24)17-35(31,32)22-9-5-2-6-10-22/h1-14,16,26H,15,17H2,(H,29,30). The molecular weight excluding hydrogens is 476 g/mol. The lowest BCUT2D eigenvalue weighted by Crippen LogP contribution is -2.15. The Hall–Kier alpha value is -3.98. The van der Waals surface area contributed by atoms with Crippen molar-refractivity contribution in [1.29, 1.82) is 0 Å². The highest BCUT2D eigenvalue weighted by Crippen LogP contribution is 2.28. The number of hydrogen-bond acceptors (Lipinski definition) is 5. The summed E-state index contributed by atoms with van der Waals surface area (Å²) in [5, 5.41) is 2.65. The first kappa shape index (κ1) is 24.2. The van der Waals surface area contributed by atoms with Crippen LogP contribution in [0.25, 0.3) is 0 Å². The van der Waals surface area contributed by atoms with E-state index in [0.29, 0.717) is 17.7 Å². The van der Waals surface area contributed by atoms with E-state index >= 15 is 0 Å². The highest BCUT2D eigenvalue weighted by Gasteiger charge is 2.23. The van der Waals surface area contributed by atoms with Gasteiger partial charge in [-0.3, -0.25) is 4.79 Å². The van der Waals surface area contributed by atoms with Crippen LogP contribution in [0, 0.1) is 0 Å². The van der Waals surface area contributed by atoms with Crippen molar-refractivity contribution in [2.24, 2.45) is 0 Å². The van der Waals surface area contributed by atoms with Gasteiger partial charge in [0.05, 0.1) is 16.9 Å². The maximum Gasteiger partial charge on any atom is 0.387 e. The van der Waals surface area contributed by atoms with Gasteiger partial charge in [0.15, 0.2) is 15.6 Å². The minimum atomic E-state index is -3.70. The van der Waals surface area contributed by atoms with Crippen LogP contribution in [0.1, 0.15) is 27.2 Å². The van der Waals surface area contributed by atoms with Crippen molar-refractivity contribution >= 4 is 21.4 Å². The van der Waals surface area contributed by atoms with Crippen molar-refractivity contribution in [1.82, 2.24) is 0 Å². The number of alkyl halides is 2. The highest BCUT2D eigenvalue weighted by molar-refractivity contribution is 7.90. The van der Waals surface area contributed by atoms with Crippen molar-refractivity contribution < 1.29 is 31.1 Å². The number of sulfone groups is 1. The zero-order valence-electron chi connectivity index (χ0n) is 18.4. The molecule has 0 saturated heterocycles. The van der Waals surface area contributed by atoms with E-state index in [0.717, 1.165) is 5.56 Å². The third-order valence-electron chi connectivity index (χ3n) is 5.17. The zero-order chi connectivity index (χ0) is 24.8. The first-order valence-electron chi connectivity index (χ1n) is 10.6. The second-order valence-electron chi connectivity index (χ2n) is 7.66. The van der Waals surface area contributed by atoms with Crippen molar-refractivity contribution in [2.75, 3.05) is 5.32 Å². The number of nitrogens with one attached hydrogen (secondary N) is 1. The largest absolute Gasteiger partial charge is 0.459 e. The highest BCUT2D eigenvalue weighted by atomic mass is 32.2. The van der Waals surface area contributed by atoms with Gasteiger partial charge in [-0.15, -0.1) is 0 Å². The van der Waals surface area contributed by atoms with E-state index in [1.54, 1.807) is 18.2 Å². The Kier molecular flexibility index (Phi) is 7.26. The molecule has 3 aromatic carbocycles. The smallest absolute Gasteiger partial charge is 0.387 e. The Morgan fingerprint density at radius 3 is 2.29 bits per heavy atom. The van der Waals surface area contributed by atoms with Gasteiger partial charge in [0.2, 0.25) is 0 Å². The van der Waals surface area contributed by atoms with Gasteiger partial charge < -0.3 is 14.5 Å². The van der Waals surface area contributed by atoms with Gasteiger partial charge in [0.25, 0.3) is 5.91 Å². The average molecular weight is 498 g/mol. The Morgan fingerprint density at radius 1 is 0.914 bits per heavy atom. The van der Waals surface area contributed by atoms with Gasteiger partial charge in [0.1, 0.15) is 5.75 Å². The molecule has 1 N–H and O–H groups in total. The Morgan fingerprint density at radius 2 is 1.60 bits per heavy atom. The van der Waals surface area contributed by atoms with E-state index in [2.05, 4.69) is 10.1 Å². The molecule has 0 aliphatic rings. The molecule has 9 heteroatoms. The number of anilines is 1. The second-order valence-corrected chi connectivity index (χ2v) is 9.65. The number of benzene rings is 3. The summed E-state index contributed by atoms with van der Waals surface area (Å²) in [6.07, 6.45) is 1.54. The van der Waals surface area contributed by atoms with Crippen molar-refractivity contribution in [3.8, 4) is 5.75 Å². The van der Waals surface area contributed by atoms with E-state index < -0.39 is 28.1 Å². The average Bonchev–Trinajstić information content (AvgIpc) is 3.29. The first-order valence-corrected chi connectivity index (χ1v) is 12.2. The van der Waals surface area contributed by atoms with Crippen LogP contribution < -0.4 is 10.1 Å². The van der Waals surface area contributed by atoms with Crippen LogP contribution in [-0.2, 0) is 22.0 Å². The van der Waals surface area contributed by atoms with Gasteiger partial charge in [-0.25, -0.2) is 8.42 Å². The maximum absolute atomic E-state index is 12.9. The molecule has 1 aromatic heterocycles. The molecule has 6 nitrogen and oxygen atoms in total. The van der Waals surface area contributed by atoms with Gasteiger partial charge in [0, 0.05) is 23.2 Å². The van der Waals surface area contributed by atoms with E-state index in [9.17, 15) is 22.0 Å². The molecule has 4 rings (SSSR count). The summed E-state index contributed by atoms with van der Waals surface area (Å²) < 4.78 is 61.1. The van der Waals surface area contributed by atoms with Gasteiger partial charge in [-0.05, 0) is 42.0 Å². The third-order valence-corrected chi connectivity index (χ3v) is 6.85. The van der Waals surface area contributed by atoms with Gasteiger partial charge in [-0.1, -0.05) is 48.5 Å². The van der Waals surface area contributed by atoms with Crippen LogP contribution in [0.5, 0.6) is 5.75 Å². The number of carbonyl (C=O) groups excluding carboxylic acids is 1. The molecular formula is C26H21F2NO5S. The summed E-state index contributed by atoms with van der Waals surface area (Å²) in [4.78, 5) is 13.0.